The molecule has 0 aliphatic rings. The van der Waals surface area contributed by atoms with E-state index in [0.717, 1.165) is 0 Å². The first-order valence-corrected chi connectivity index (χ1v) is 6.05. The van der Waals surface area contributed by atoms with Crippen LogP contribution in [-0.4, -0.2) is 30.3 Å². The highest BCUT2D eigenvalue weighted by Crippen LogP contribution is 2.28. The van der Waals surface area contributed by atoms with Crippen LogP contribution in [0.4, 0.5) is 20.2 Å². The Labute approximate surface area is 114 Å². The lowest BCUT2D eigenvalue weighted by Gasteiger charge is -2.11. The van der Waals surface area contributed by atoms with Crippen LogP contribution in [0.25, 0.3) is 0 Å². The van der Waals surface area contributed by atoms with Gasteiger partial charge in [0.05, 0.1) is 17.0 Å². The number of nitrogens with zero attached hydrogens (tertiary/aromatic N) is 1. The van der Waals surface area contributed by atoms with Gasteiger partial charge in [0.2, 0.25) is 0 Å². The van der Waals surface area contributed by atoms with Crippen molar-refractivity contribution in [3.8, 4) is 0 Å². The number of nitrogens with one attached hydrogen (secondary N) is 2. The van der Waals surface area contributed by atoms with Gasteiger partial charge in [0.25, 0.3) is 18.0 Å². The standard InChI is InChI=1S/C12H15F2N3O3/c1-2-6-15-11-8(12(18)16-7-10(13)14)4-3-5-9(11)17(19)20/h3-5,10,15H,2,6-7H2,1H3,(H,16,18). The lowest BCUT2D eigenvalue weighted by Crippen LogP contribution is -2.29. The molecular formula is C12H15F2N3O3. The quantitative estimate of drug-likeness (QED) is 0.596. The third-order valence-electron chi connectivity index (χ3n) is 2.45. The fourth-order valence-electron chi connectivity index (χ4n) is 1.58. The van der Waals surface area contributed by atoms with Gasteiger partial charge in [-0.15, -0.1) is 0 Å². The van der Waals surface area contributed by atoms with Crippen molar-refractivity contribution in [3.05, 3.63) is 33.9 Å². The topological polar surface area (TPSA) is 84.3 Å². The average molecular weight is 287 g/mol. The molecule has 0 heterocycles. The predicted octanol–water partition coefficient (Wildman–Crippen LogP) is 2.41. The van der Waals surface area contributed by atoms with Crippen molar-refractivity contribution < 1.29 is 18.5 Å². The lowest BCUT2D eigenvalue weighted by molar-refractivity contribution is -0.384. The van der Waals surface area contributed by atoms with Crippen LogP contribution in [0.15, 0.2) is 18.2 Å². The van der Waals surface area contributed by atoms with E-state index in [0.29, 0.717) is 13.0 Å². The smallest absolute Gasteiger partial charge is 0.293 e. The summed E-state index contributed by atoms with van der Waals surface area (Å²) < 4.78 is 24.2. The normalized spacial score (nSPS) is 10.4. The second-order valence-corrected chi connectivity index (χ2v) is 3.98. The second kappa shape index (κ2) is 7.37. The Morgan fingerprint density at radius 2 is 2.15 bits per heavy atom. The van der Waals surface area contributed by atoms with Gasteiger partial charge in [0.1, 0.15) is 5.69 Å². The molecule has 1 amide bonds. The van der Waals surface area contributed by atoms with Gasteiger partial charge in [-0.05, 0) is 12.5 Å². The lowest BCUT2D eigenvalue weighted by atomic mass is 10.1. The van der Waals surface area contributed by atoms with Crippen molar-refractivity contribution in [3.63, 3.8) is 0 Å². The summed E-state index contributed by atoms with van der Waals surface area (Å²) in [5.74, 6) is -0.771. The zero-order valence-corrected chi connectivity index (χ0v) is 10.9. The van der Waals surface area contributed by atoms with Crippen LogP contribution in [0.2, 0.25) is 0 Å². The summed E-state index contributed by atoms with van der Waals surface area (Å²) in [5.41, 5.74) is -0.234. The fourth-order valence-corrected chi connectivity index (χ4v) is 1.58. The van der Waals surface area contributed by atoms with Crippen LogP contribution >= 0.6 is 0 Å². The van der Waals surface area contributed by atoms with Crippen molar-refractivity contribution in [2.75, 3.05) is 18.4 Å². The number of rotatable bonds is 7. The predicted molar refractivity (Wildman–Crippen MR) is 70.2 cm³/mol. The Morgan fingerprint density at radius 3 is 2.70 bits per heavy atom. The molecule has 1 aromatic carbocycles. The molecule has 6 nitrogen and oxygen atoms in total. The van der Waals surface area contributed by atoms with E-state index < -0.39 is 23.8 Å². The largest absolute Gasteiger partial charge is 0.379 e. The highest BCUT2D eigenvalue weighted by molar-refractivity contribution is 6.01. The van der Waals surface area contributed by atoms with Crippen molar-refractivity contribution in [1.29, 1.82) is 0 Å². The molecule has 0 aliphatic carbocycles. The molecule has 0 aromatic heterocycles. The van der Waals surface area contributed by atoms with Crippen LogP contribution in [0.5, 0.6) is 0 Å². The minimum Gasteiger partial charge on any atom is -0.379 e. The van der Waals surface area contributed by atoms with Gasteiger partial charge in [0, 0.05) is 12.6 Å². The van der Waals surface area contributed by atoms with E-state index in [2.05, 4.69) is 5.32 Å². The molecule has 110 valence electrons. The minimum atomic E-state index is -2.68. The summed E-state index contributed by atoms with van der Waals surface area (Å²) in [6, 6.07) is 3.94. The number of anilines is 1. The van der Waals surface area contributed by atoms with Gasteiger partial charge in [-0.1, -0.05) is 13.0 Å². The summed E-state index contributed by atoms with van der Waals surface area (Å²) >= 11 is 0. The molecule has 0 saturated carbocycles. The summed E-state index contributed by atoms with van der Waals surface area (Å²) in [4.78, 5) is 22.1. The number of carbonyl (C=O) groups is 1. The molecule has 0 unspecified atom stereocenters. The average Bonchev–Trinajstić information content (AvgIpc) is 2.41. The number of hydrogen-bond donors (Lipinski definition) is 2. The zero-order valence-electron chi connectivity index (χ0n) is 10.9. The summed E-state index contributed by atoms with van der Waals surface area (Å²) in [6.07, 6.45) is -1.98. The molecule has 0 saturated heterocycles. The van der Waals surface area contributed by atoms with Crippen LogP contribution in [-0.2, 0) is 0 Å². The number of nitro benzene ring substituents is 1. The fraction of sp³-hybridized carbons (Fsp3) is 0.417. The molecular weight excluding hydrogens is 272 g/mol. The SMILES string of the molecule is CCCNc1c(C(=O)NCC(F)F)cccc1[N+](=O)[O-]. The zero-order chi connectivity index (χ0) is 15.1. The molecule has 1 rings (SSSR count). The number of alkyl halides is 2. The number of hydrogen-bond acceptors (Lipinski definition) is 4. The van der Waals surface area contributed by atoms with Gasteiger partial charge in [-0.2, -0.15) is 0 Å². The monoisotopic (exact) mass is 287 g/mol. The summed E-state index contributed by atoms with van der Waals surface area (Å²) in [6.45, 7) is 1.49. The highest BCUT2D eigenvalue weighted by Gasteiger charge is 2.21. The van der Waals surface area contributed by atoms with E-state index in [1.165, 1.54) is 18.2 Å². The number of benzene rings is 1. The van der Waals surface area contributed by atoms with E-state index in [9.17, 15) is 23.7 Å². The van der Waals surface area contributed by atoms with Gasteiger partial charge >= 0.3 is 0 Å². The maximum atomic E-state index is 12.1. The Hall–Kier alpha value is -2.25. The van der Waals surface area contributed by atoms with Crippen molar-refractivity contribution in [2.45, 2.75) is 19.8 Å². The van der Waals surface area contributed by atoms with Crippen molar-refractivity contribution >= 4 is 17.3 Å². The molecule has 0 radical (unpaired) electrons. The third kappa shape index (κ3) is 4.15. The van der Waals surface area contributed by atoms with Crippen LogP contribution in [0, 0.1) is 10.1 Å². The second-order valence-electron chi connectivity index (χ2n) is 3.98. The Balaban J connectivity index is 3.07. The molecule has 0 aliphatic heterocycles. The number of nitro groups is 1. The number of amides is 1. The van der Waals surface area contributed by atoms with Crippen LogP contribution in [0.3, 0.4) is 0 Å². The van der Waals surface area contributed by atoms with Crippen LogP contribution < -0.4 is 10.6 Å². The summed E-state index contributed by atoms with van der Waals surface area (Å²) in [5, 5.41) is 15.8. The maximum absolute atomic E-state index is 12.1. The molecule has 0 atom stereocenters. The van der Waals surface area contributed by atoms with Gasteiger partial charge in [-0.3, -0.25) is 14.9 Å². The van der Waals surface area contributed by atoms with Gasteiger partial charge < -0.3 is 10.6 Å². The molecule has 0 spiro atoms. The summed E-state index contributed by atoms with van der Waals surface area (Å²) in [7, 11) is 0. The van der Waals surface area contributed by atoms with E-state index in [-0.39, 0.29) is 16.9 Å². The highest BCUT2D eigenvalue weighted by atomic mass is 19.3. The van der Waals surface area contributed by atoms with Crippen LogP contribution in [0.1, 0.15) is 23.7 Å². The van der Waals surface area contributed by atoms with Crippen molar-refractivity contribution in [2.24, 2.45) is 0 Å². The van der Waals surface area contributed by atoms with E-state index in [1.807, 2.05) is 12.2 Å². The Bertz CT molecular complexity index is 495. The number of para-hydroxylation sites is 1. The van der Waals surface area contributed by atoms with E-state index in [4.69, 9.17) is 0 Å². The molecule has 1 aromatic rings. The molecule has 8 heteroatoms. The van der Waals surface area contributed by atoms with Crippen molar-refractivity contribution in [1.82, 2.24) is 5.32 Å². The number of halogens is 2. The molecule has 0 bridgehead atoms. The molecule has 0 fully saturated rings. The maximum Gasteiger partial charge on any atom is 0.293 e. The third-order valence-corrected chi connectivity index (χ3v) is 2.45. The van der Waals surface area contributed by atoms with E-state index in [1.54, 1.807) is 0 Å². The first-order valence-electron chi connectivity index (χ1n) is 6.05. The first-order chi connectivity index (χ1) is 9.47. The number of carbonyl (C=O) groups excluding carboxylic acids is 1. The Kier molecular flexibility index (Phi) is 5.82. The molecule has 2 N–H and O–H groups in total. The molecule has 20 heavy (non-hydrogen) atoms. The Morgan fingerprint density at radius 1 is 1.45 bits per heavy atom. The van der Waals surface area contributed by atoms with E-state index >= 15 is 0 Å². The first kappa shape index (κ1) is 15.8. The van der Waals surface area contributed by atoms with Gasteiger partial charge in [0.15, 0.2) is 0 Å². The minimum absolute atomic E-state index is 0.0201. The van der Waals surface area contributed by atoms with Gasteiger partial charge in [-0.25, -0.2) is 8.78 Å².